The summed E-state index contributed by atoms with van der Waals surface area (Å²) >= 11 is 0. The van der Waals surface area contributed by atoms with Gasteiger partial charge in [0.2, 0.25) is 0 Å². The first-order chi connectivity index (χ1) is 17.0. The molecule has 0 bridgehead atoms. The van der Waals surface area contributed by atoms with E-state index < -0.39 is 72.6 Å². The highest BCUT2D eigenvalue weighted by Crippen LogP contribution is 2.34. The van der Waals surface area contributed by atoms with Crippen LogP contribution >= 0.6 is 0 Å². The maximum atomic E-state index is 12.8. The van der Waals surface area contributed by atoms with Crippen LogP contribution in [0.5, 0.6) is 0 Å². The van der Waals surface area contributed by atoms with Crippen LogP contribution in [-0.2, 0) is 27.4 Å². The molecule has 0 radical (unpaired) electrons. The Bertz CT molecular complexity index is 1060. The van der Waals surface area contributed by atoms with E-state index in [1.807, 2.05) is 0 Å². The minimum absolute atomic E-state index is 0.0503. The number of aliphatic hydroxyl groups is 3. The number of hydrogen-bond acceptors (Lipinski definition) is 9. The minimum atomic E-state index is -1.39. The third kappa shape index (κ3) is 7.25. The van der Waals surface area contributed by atoms with Crippen molar-refractivity contribution in [3.05, 3.63) is 44.1 Å². The third-order valence-electron chi connectivity index (χ3n) is 6.39. The molecule has 1 aromatic heterocycles. The van der Waals surface area contributed by atoms with Crippen molar-refractivity contribution in [2.45, 2.75) is 90.5 Å². The summed E-state index contributed by atoms with van der Waals surface area (Å²) in [6.07, 6.45) is 1.05. The van der Waals surface area contributed by atoms with E-state index in [1.165, 1.54) is 6.08 Å². The largest absolute Gasteiger partial charge is 0.463 e. The summed E-state index contributed by atoms with van der Waals surface area (Å²) in [5, 5.41) is 30.6. The molecule has 2 rings (SSSR count). The third-order valence-corrected chi connectivity index (χ3v) is 6.39. The number of carbonyl (C=O) groups is 1. The highest BCUT2D eigenvalue weighted by atomic mass is 16.6. The number of aliphatic hydroxyl groups excluding tert-OH is 3. The fraction of sp³-hybridized carbons (Fsp3) is 0.750. The summed E-state index contributed by atoms with van der Waals surface area (Å²) in [6, 6.07) is -0.529. The Morgan fingerprint density at radius 1 is 1.03 bits per heavy atom. The predicted molar refractivity (Wildman–Crippen MR) is 130 cm³/mol. The van der Waals surface area contributed by atoms with Crippen molar-refractivity contribution in [2.24, 2.45) is 11.8 Å². The van der Waals surface area contributed by atoms with Crippen LogP contribution in [0.2, 0.25) is 0 Å². The molecular formula is C24H39N3O9. The van der Waals surface area contributed by atoms with Gasteiger partial charge in [-0.25, -0.2) is 28.1 Å². The lowest BCUT2D eigenvalue weighted by Gasteiger charge is -2.33. The zero-order valence-corrected chi connectivity index (χ0v) is 21.2. The maximum Gasteiger partial charge on any atom is 0.336 e. The lowest BCUT2D eigenvalue weighted by Crippen LogP contribution is -2.56. The quantitative estimate of drug-likeness (QED) is 0.183. The van der Waals surface area contributed by atoms with Gasteiger partial charge in [0.1, 0.15) is 12.7 Å². The molecule has 1 heterocycles. The fourth-order valence-corrected chi connectivity index (χ4v) is 4.33. The fourth-order valence-electron chi connectivity index (χ4n) is 4.33. The second-order valence-electron chi connectivity index (χ2n) is 9.45. The Morgan fingerprint density at radius 3 is 2.28 bits per heavy atom. The van der Waals surface area contributed by atoms with Gasteiger partial charge in [-0.15, -0.1) is 6.58 Å². The molecule has 1 aliphatic carbocycles. The van der Waals surface area contributed by atoms with Gasteiger partial charge in [-0.3, -0.25) is 4.79 Å². The summed E-state index contributed by atoms with van der Waals surface area (Å²) in [5.41, 5.74) is -2.53. The smallest absolute Gasteiger partial charge is 0.336 e. The van der Waals surface area contributed by atoms with Crippen LogP contribution in [0, 0.1) is 11.8 Å². The molecular weight excluding hydrogens is 474 g/mol. The Kier molecular flexibility index (Phi) is 11.3. The normalized spacial score (nSPS) is 20.6. The van der Waals surface area contributed by atoms with E-state index in [0.29, 0.717) is 19.3 Å². The summed E-state index contributed by atoms with van der Waals surface area (Å²) in [4.78, 5) is 50.8. The number of hydrogen-bond donors (Lipinski definition) is 3. The second-order valence-corrected chi connectivity index (χ2v) is 9.45. The van der Waals surface area contributed by atoms with Crippen LogP contribution in [0.4, 0.5) is 0 Å². The number of aromatic nitrogens is 3. The Hall–Kier alpha value is -2.54. The SMILES string of the molecule is C=CCn1c(=O)n(CC(O)COC(=O)C2CCCCC2C(O)OCC(O)CC)c(=O)n(C(C)C)c1=O. The van der Waals surface area contributed by atoms with Gasteiger partial charge in [0.25, 0.3) is 0 Å². The zero-order valence-electron chi connectivity index (χ0n) is 21.2. The van der Waals surface area contributed by atoms with Crippen molar-refractivity contribution >= 4 is 5.97 Å². The molecule has 1 aromatic rings. The van der Waals surface area contributed by atoms with Crippen LogP contribution in [0.15, 0.2) is 27.0 Å². The summed E-state index contributed by atoms with van der Waals surface area (Å²) in [6.45, 7) is 7.42. The molecule has 5 atom stereocenters. The van der Waals surface area contributed by atoms with Gasteiger partial charge < -0.3 is 24.8 Å². The lowest BCUT2D eigenvalue weighted by atomic mass is 9.79. The minimum Gasteiger partial charge on any atom is -0.463 e. The molecule has 5 unspecified atom stereocenters. The monoisotopic (exact) mass is 513 g/mol. The van der Waals surface area contributed by atoms with Crippen LogP contribution in [-0.4, -0.2) is 66.7 Å². The van der Waals surface area contributed by atoms with Crippen molar-refractivity contribution in [1.82, 2.24) is 13.7 Å². The van der Waals surface area contributed by atoms with Crippen LogP contribution in [0.3, 0.4) is 0 Å². The molecule has 12 heteroatoms. The Morgan fingerprint density at radius 2 is 1.67 bits per heavy atom. The number of ether oxygens (including phenoxy) is 2. The van der Waals surface area contributed by atoms with Crippen molar-refractivity contribution in [3.63, 3.8) is 0 Å². The molecule has 1 fully saturated rings. The molecule has 204 valence electrons. The number of carbonyl (C=O) groups excluding carboxylic acids is 1. The molecule has 0 spiro atoms. The molecule has 0 aromatic carbocycles. The molecule has 36 heavy (non-hydrogen) atoms. The molecule has 0 amide bonds. The van der Waals surface area contributed by atoms with Crippen molar-refractivity contribution in [2.75, 3.05) is 13.2 Å². The van der Waals surface area contributed by atoms with Crippen LogP contribution in [0.1, 0.15) is 58.9 Å². The number of nitrogens with zero attached hydrogens (tertiary/aromatic N) is 3. The summed E-state index contributed by atoms with van der Waals surface area (Å²) < 4.78 is 13.1. The average Bonchev–Trinajstić information content (AvgIpc) is 2.85. The van der Waals surface area contributed by atoms with Gasteiger partial charge in [-0.1, -0.05) is 25.8 Å². The Labute approximate surface area is 209 Å². The predicted octanol–water partition coefficient (Wildman–Crippen LogP) is -0.245. The van der Waals surface area contributed by atoms with Gasteiger partial charge in [0.05, 0.1) is 31.7 Å². The van der Waals surface area contributed by atoms with Gasteiger partial charge in [-0.2, -0.15) is 0 Å². The number of esters is 1. The topological polar surface area (TPSA) is 162 Å². The molecule has 3 N–H and O–H groups in total. The lowest BCUT2D eigenvalue weighted by molar-refractivity contribution is -0.183. The van der Waals surface area contributed by atoms with E-state index in [1.54, 1.807) is 20.8 Å². The van der Waals surface area contributed by atoms with Gasteiger partial charge in [-0.05, 0) is 33.1 Å². The van der Waals surface area contributed by atoms with E-state index in [4.69, 9.17) is 9.47 Å². The van der Waals surface area contributed by atoms with Gasteiger partial charge >= 0.3 is 23.0 Å². The van der Waals surface area contributed by atoms with E-state index in [9.17, 15) is 34.5 Å². The van der Waals surface area contributed by atoms with Gasteiger partial charge in [0.15, 0.2) is 6.29 Å². The maximum absolute atomic E-state index is 12.8. The molecule has 1 aliphatic rings. The zero-order chi connectivity index (χ0) is 27.0. The first-order valence-electron chi connectivity index (χ1n) is 12.4. The highest BCUT2D eigenvalue weighted by molar-refractivity contribution is 5.73. The summed E-state index contributed by atoms with van der Waals surface area (Å²) in [7, 11) is 0. The average molecular weight is 514 g/mol. The van der Waals surface area contributed by atoms with Crippen molar-refractivity contribution in [3.8, 4) is 0 Å². The van der Waals surface area contributed by atoms with E-state index in [2.05, 4.69) is 6.58 Å². The summed E-state index contributed by atoms with van der Waals surface area (Å²) in [5.74, 6) is -1.80. The molecule has 0 aliphatic heterocycles. The van der Waals surface area contributed by atoms with Crippen LogP contribution < -0.4 is 17.1 Å². The van der Waals surface area contributed by atoms with Crippen molar-refractivity contribution < 1.29 is 29.6 Å². The molecule has 1 saturated carbocycles. The van der Waals surface area contributed by atoms with E-state index in [-0.39, 0.29) is 13.2 Å². The molecule has 12 nitrogen and oxygen atoms in total. The second kappa shape index (κ2) is 13.7. The standard InChI is InChI=1S/C24H39N3O9/c1-5-11-25-22(32)26(24(34)27(15(3)4)23(25)33)12-17(29)14-36-21(31)19-10-8-7-9-18(19)20(30)35-13-16(28)6-2/h5,15-20,28-30H,1,6-14H2,2-4H3. The van der Waals surface area contributed by atoms with Crippen molar-refractivity contribution in [1.29, 1.82) is 0 Å². The van der Waals surface area contributed by atoms with Gasteiger partial charge in [0, 0.05) is 12.0 Å². The number of allylic oxidation sites excluding steroid dienone is 1. The highest BCUT2D eigenvalue weighted by Gasteiger charge is 2.37. The van der Waals surface area contributed by atoms with E-state index >= 15 is 0 Å². The first kappa shape index (κ1) is 29.7. The van der Waals surface area contributed by atoms with Crippen LogP contribution in [0.25, 0.3) is 0 Å². The molecule has 0 saturated heterocycles. The van der Waals surface area contributed by atoms with E-state index in [0.717, 1.165) is 26.5 Å². The first-order valence-corrected chi connectivity index (χ1v) is 12.4. The number of rotatable bonds is 13. The Balaban J connectivity index is 2.11.